The fourth-order valence-electron chi connectivity index (χ4n) is 0.886. The first-order valence-electron chi connectivity index (χ1n) is 3.29. The van der Waals surface area contributed by atoms with Crippen LogP contribution in [0, 0.1) is 20.2 Å². The summed E-state index contributed by atoms with van der Waals surface area (Å²) in [5, 5.41) is 38.5. The number of rotatable bonds is 2. The summed E-state index contributed by atoms with van der Waals surface area (Å²) in [7, 11) is 0. The number of benzene rings is 1. The SMILES string of the molecule is O=[N+]([O-])c1ccc(O)c([N+](=O)[O-])c1O.[Fe+2]. The van der Waals surface area contributed by atoms with Crippen LogP contribution in [0.1, 0.15) is 0 Å². The molecule has 0 aliphatic carbocycles. The zero-order valence-corrected chi connectivity index (χ0v) is 8.03. The fourth-order valence-corrected chi connectivity index (χ4v) is 0.886. The third-order valence-electron chi connectivity index (χ3n) is 1.49. The van der Waals surface area contributed by atoms with Crippen LogP contribution in [0.5, 0.6) is 11.5 Å². The van der Waals surface area contributed by atoms with E-state index in [0.717, 1.165) is 12.1 Å². The summed E-state index contributed by atoms with van der Waals surface area (Å²) in [4.78, 5) is 18.4. The van der Waals surface area contributed by atoms with Gasteiger partial charge in [-0.05, 0) is 6.07 Å². The van der Waals surface area contributed by atoms with E-state index in [2.05, 4.69) is 0 Å². The molecule has 0 aromatic heterocycles. The molecule has 9 heteroatoms. The summed E-state index contributed by atoms with van der Waals surface area (Å²) >= 11 is 0. The van der Waals surface area contributed by atoms with Gasteiger partial charge in [-0.15, -0.1) is 0 Å². The van der Waals surface area contributed by atoms with Gasteiger partial charge in [0.2, 0.25) is 0 Å². The number of nitro benzene ring substituents is 2. The second-order valence-corrected chi connectivity index (χ2v) is 2.32. The van der Waals surface area contributed by atoms with Crippen molar-refractivity contribution in [3.05, 3.63) is 32.4 Å². The molecule has 0 aliphatic heterocycles. The van der Waals surface area contributed by atoms with E-state index in [1.165, 1.54) is 0 Å². The van der Waals surface area contributed by atoms with Gasteiger partial charge in [-0.1, -0.05) is 0 Å². The Bertz CT molecular complexity index is 420. The molecule has 0 fully saturated rings. The van der Waals surface area contributed by atoms with Crippen LogP contribution in [0.15, 0.2) is 12.1 Å². The number of hydrogen-bond donors (Lipinski definition) is 2. The Hall–Kier alpha value is -1.86. The summed E-state index contributed by atoms with van der Waals surface area (Å²) in [6.07, 6.45) is 0. The maximum atomic E-state index is 10.3. The Balaban J connectivity index is 0.00000196. The Morgan fingerprint density at radius 2 is 1.60 bits per heavy atom. The van der Waals surface area contributed by atoms with Crippen LogP contribution in [0.4, 0.5) is 11.4 Å². The number of nitrogens with zero attached hydrogens (tertiary/aromatic N) is 2. The molecule has 0 atom stereocenters. The molecule has 80 valence electrons. The molecule has 0 amide bonds. The average molecular weight is 256 g/mol. The number of hydrogen-bond acceptors (Lipinski definition) is 6. The monoisotopic (exact) mass is 256 g/mol. The number of phenols is 2. The van der Waals surface area contributed by atoms with Crippen molar-refractivity contribution in [3.8, 4) is 11.5 Å². The van der Waals surface area contributed by atoms with Crippen LogP contribution < -0.4 is 0 Å². The van der Waals surface area contributed by atoms with Gasteiger partial charge in [-0.2, -0.15) is 0 Å². The van der Waals surface area contributed by atoms with E-state index in [4.69, 9.17) is 10.2 Å². The van der Waals surface area contributed by atoms with Gasteiger partial charge in [0.1, 0.15) is 0 Å². The van der Waals surface area contributed by atoms with Crippen LogP contribution in [0.3, 0.4) is 0 Å². The summed E-state index contributed by atoms with van der Waals surface area (Å²) < 4.78 is 0. The maximum absolute atomic E-state index is 10.3. The van der Waals surface area contributed by atoms with Crippen molar-refractivity contribution in [2.45, 2.75) is 0 Å². The van der Waals surface area contributed by atoms with Crippen molar-refractivity contribution < 1.29 is 37.1 Å². The van der Waals surface area contributed by atoms with E-state index < -0.39 is 32.7 Å². The molecular weight excluding hydrogens is 252 g/mol. The van der Waals surface area contributed by atoms with Crippen molar-refractivity contribution in [2.24, 2.45) is 0 Å². The second-order valence-electron chi connectivity index (χ2n) is 2.32. The van der Waals surface area contributed by atoms with Crippen molar-refractivity contribution in [1.29, 1.82) is 0 Å². The minimum absolute atomic E-state index is 0. The first kappa shape index (κ1) is 13.1. The van der Waals surface area contributed by atoms with Crippen LogP contribution in [-0.2, 0) is 17.1 Å². The molecule has 8 nitrogen and oxygen atoms in total. The van der Waals surface area contributed by atoms with E-state index in [9.17, 15) is 20.2 Å². The minimum atomic E-state index is -1.15. The smallest absolute Gasteiger partial charge is 0.502 e. The Labute approximate surface area is 92.9 Å². The number of aromatic hydroxyl groups is 2. The summed E-state index contributed by atoms with van der Waals surface area (Å²) in [6, 6.07) is 1.55. The third-order valence-corrected chi connectivity index (χ3v) is 1.49. The van der Waals surface area contributed by atoms with Crippen molar-refractivity contribution in [2.75, 3.05) is 0 Å². The zero-order chi connectivity index (χ0) is 10.9. The molecule has 0 heterocycles. The Morgan fingerprint density at radius 1 is 1.07 bits per heavy atom. The molecule has 15 heavy (non-hydrogen) atoms. The Kier molecular flexibility index (Phi) is 4.01. The van der Waals surface area contributed by atoms with Gasteiger partial charge in [-0.3, -0.25) is 20.2 Å². The first-order chi connectivity index (χ1) is 6.45. The molecular formula is C6H4FeN2O6+2. The van der Waals surface area contributed by atoms with E-state index in [1.54, 1.807) is 0 Å². The first-order valence-corrected chi connectivity index (χ1v) is 3.29. The van der Waals surface area contributed by atoms with E-state index in [0.29, 0.717) is 0 Å². The predicted molar refractivity (Wildman–Crippen MR) is 43.1 cm³/mol. The van der Waals surface area contributed by atoms with E-state index in [1.807, 2.05) is 0 Å². The van der Waals surface area contributed by atoms with E-state index >= 15 is 0 Å². The largest absolute Gasteiger partial charge is 2.00 e. The molecule has 2 N–H and O–H groups in total. The normalized spacial score (nSPS) is 9.07. The molecule has 0 aliphatic rings. The topological polar surface area (TPSA) is 127 Å². The minimum Gasteiger partial charge on any atom is -0.502 e. The molecule has 0 saturated heterocycles. The van der Waals surface area contributed by atoms with Crippen molar-refractivity contribution in [1.82, 2.24) is 0 Å². The van der Waals surface area contributed by atoms with Gasteiger partial charge >= 0.3 is 28.4 Å². The predicted octanol–water partition coefficient (Wildman–Crippen LogP) is 0.912. The van der Waals surface area contributed by atoms with Crippen LogP contribution in [0.2, 0.25) is 0 Å². The molecule has 0 spiro atoms. The summed E-state index contributed by atoms with van der Waals surface area (Å²) in [5.41, 5.74) is -1.89. The van der Waals surface area contributed by atoms with E-state index in [-0.39, 0.29) is 17.1 Å². The standard InChI is InChI=1S/C6H4N2O6.Fe/c9-4-2-1-3(7(11)12)6(10)5(4)8(13)14;/h1-2,9-10H;/q;+2. The Morgan fingerprint density at radius 3 is 2.00 bits per heavy atom. The average Bonchev–Trinajstić information content (AvgIpc) is 2.02. The van der Waals surface area contributed by atoms with Gasteiger partial charge < -0.3 is 10.2 Å². The summed E-state index contributed by atoms with van der Waals surface area (Å²) in [6.45, 7) is 0. The molecule has 1 rings (SSSR count). The molecule has 0 unspecified atom stereocenters. The number of nitro groups is 2. The second kappa shape index (κ2) is 4.58. The molecule has 0 saturated carbocycles. The van der Waals surface area contributed by atoms with Gasteiger partial charge in [0.25, 0.3) is 5.75 Å². The molecule has 1 aromatic carbocycles. The third kappa shape index (κ3) is 2.33. The van der Waals surface area contributed by atoms with Gasteiger partial charge in [-0.25, -0.2) is 0 Å². The molecule has 1 aromatic rings. The van der Waals surface area contributed by atoms with Crippen molar-refractivity contribution >= 4 is 11.4 Å². The molecule has 0 radical (unpaired) electrons. The van der Waals surface area contributed by atoms with Gasteiger partial charge in [0.15, 0.2) is 5.75 Å². The van der Waals surface area contributed by atoms with Crippen LogP contribution in [-0.4, -0.2) is 20.1 Å². The summed E-state index contributed by atoms with van der Waals surface area (Å²) in [5.74, 6) is -1.97. The van der Waals surface area contributed by atoms with Gasteiger partial charge in [0.05, 0.1) is 9.85 Å². The maximum Gasteiger partial charge on any atom is 2.00 e. The van der Waals surface area contributed by atoms with Crippen LogP contribution >= 0.6 is 0 Å². The molecule has 0 bridgehead atoms. The van der Waals surface area contributed by atoms with Crippen LogP contribution in [0.25, 0.3) is 0 Å². The van der Waals surface area contributed by atoms with Crippen molar-refractivity contribution in [3.63, 3.8) is 0 Å². The number of phenolic OH excluding ortho intramolecular Hbond substituents is 2. The quantitative estimate of drug-likeness (QED) is 0.459. The van der Waals surface area contributed by atoms with Gasteiger partial charge in [0, 0.05) is 6.07 Å². The fraction of sp³-hybridized carbons (Fsp3) is 0. The zero-order valence-electron chi connectivity index (χ0n) is 6.93.